The van der Waals surface area contributed by atoms with Crippen molar-refractivity contribution in [2.75, 3.05) is 41.7 Å². The Morgan fingerprint density at radius 3 is 2.26 bits per heavy atom. The third-order valence-electron chi connectivity index (χ3n) is 4.57. The van der Waals surface area contributed by atoms with Gasteiger partial charge in [0.05, 0.1) is 11.4 Å². The Hall–Kier alpha value is -2.01. The molecule has 2 aromatic rings. The van der Waals surface area contributed by atoms with Crippen molar-refractivity contribution in [3.05, 3.63) is 41.2 Å². The fraction of sp³-hybridized carbons (Fsp3) is 0.412. The number of nitrogens with two attached hydrogens (primary N) is 1. The first-order chi connectivity index (χ1) is 11.2. The lowest BCUT2D eigenvalue weighted by Gasteiger charge is -2.38. The zero-order valence-electron chi connectivity index (χ0n) is 13.0. The molecular weight excluding hydrogens is 310 g/mol. The first kappa shape index (κ1) is 14.6. The lowest BCUT2D eigenvalue weighted by Crippen LogP contribution is -2.47. The molecule has 1 aliphatic carbocycles. The molecule has 2 aliphatic rings. The number of halogens is 1. The van der Waals surface area contributed by atoms with Crippen molar-refractivity contribution in [1.29, 1.82) is 0 Å². The average Bonchev–Trinajstić information content (AvgIpc) is 3.40. The van der Waals surface area contributed by atoms with Crippen molar-refractivity contribution < 1.29 is 0 Å². The lowest BCUT2D eigenvalue weighted by molar-refractivity contribution is 0.648. The van der Waals surface area contributed by atoms with Crippen molar-refractivity contribution in [1.82, 2.24) is 9.97 Å². The summed E-state index contributed by atoms with van der Waals surface area (Å²) in [5, 5.41) is 0.493. The molecule has 2 heterocycles. The summed E-state index contributed by atoms with van der Waals surface area (Å²) in [4.78, 5) is 13.4. The van der Waals surface area contributed by atoms with E-state index in [0.717, 1.165) is 37.6 Å². The van der Waals surface area contributed by atoms with E-state index >= 15 is 0 Å². The Morgan fingerprint density at radius 1 is 0.957 bits per heavy atom. The molecule has 4 rings (SSSR count). The Bertz CT molecular complexity index is 694. The van der Waals surface area contributed by atoms with Gasteiger partial charge in [-0.2, -0.15) is 4.98 Å². The van der Waals surface area contributed by atoms with Gasteiger partial charge in [-0.1, -0.05) is 29.8 Å². The van der Waals surface area contributed by atoms with Crippen LogP contribution in [0.2, 0.25) is 5.15 Å². The highest BCUT2D eigenvalue weighted by Gasteiger charge is 2.32. The topological polar surface area (TPSA) is 58.3 Å². The first-order valence-corrected chi connectivity index (χ1v) is 8.48. The second-order valence-electron chi connectivity index (χ2n) is 6.19. The van der Waals surface area contributed by atoms with Gasteiger partial charge in [0.25, 0.3) is 0 Å². The van der Waals surface area contributed by atoms with Crippen molar-refractivity contribution >= 4 is 28.9 Å². The molecule has 5 nitrogen and oxygen atoms in total. The largest absolute Gasteiger partial charge is 0.368 e. The highest BCUT2D eigenvalue weighted by Crippen LogP contribution is 2.45. The maximum atomic E-state index is 6.41. The Morgan fingerprint density at radius 2 is 1.61 bits per heavy atom. The molecule has 0 amide bonds. The van der Waals surface area contributed by atoms with E-state index in [1.54, 1.807) is 0 Å². The summed E-state index contributed by atoms with van der Waals surface area (Å²) in [5.74, 6) is 0.781. The fourth-order valence-electron chi connectivity index (χ4n) is 3.22. The highest BCUT2D eigenvalue weighted by molar-refractivity contribution is 6.32. The number of rotatable bonds is 3. The summed E-state index contributed by atoms with van der Waals surface area (Å²) in [6.07, 6.45) is 2.34. The molecule has 0 spiro atoms. The monoisotopic (exact) mass is 329 g/mol. The summed E-state index contributed by atoms with van der Waals surface area (Å²) in [6, 6.07) is 10.5. The molecule has 2 fully saturated rings. The molecule has 0 radical (unpaired) electrons. The molecule has 0 unspecified atom stereocenters. The van der Waals surface area contributed by atoms with E-state index < -0.39 is 0 Å². The summed E-state index contributed by atoms with van der Waals surface area (Å²) in [6.45, 7) is 3.77. The number of anilines is 3. The van der Waals surface area contributed by atoms with E-state index in [9.17, 15) is 0 Å². The molecule has 0 bridgehead atoms. The van der Waals surface area contributed by atoms with E-state index in [1.165, 1.54) is 18.5 Å². The molecular formula is C17H20ClN5. The van der Waals surface area contributed by atoms with E-state index in [0.29, 0.717) is 11.1 Å². The van der Waals surface area contributed by atoms with Crippen LogP contribution < -0.4 is 15.5 Å². The fourth-order valence-corrected chi connectivity index (χ4v) is 3.52. The number of para-hydroxylation sites is 1. The van der Waals surface area contributed by atoms with Gasteiger partial charge >= 0.3 is 0 Å². The van der Waals surface area contributed by atoms with Crippen LogP contribution in [0.4, 0.5) is 17.3 Å². The molecule has 2 N–H and O–H groups in total. The SMILES string of the molecule is Nc1nc(Cl)c(N2CCN(c3ccccc3)CC2)c(C2CC2)n1. The van der Waals surface area contributed by atoms with Crippen LogP contribution in [-0.2, 0) is 0 Å². The highest BCUT2D eigenvalue weighted by atomic mass is 35.5. The quantitative estimate of drug-likeness (QED) is 0.877. The predicted octanol–water partition coefficient (Wildman–Crippen LogP) is 2.92. The molecule has 1 saturated carbocycles. The number of hydrogen-bond acceptors (Lipinski definition) is 5. The minimum atomic E-state index is 0.281. The lowest BCUT2D eigenvalue weighted by atomic mass is 10.2. The van der Waals surface area contributed by atoms with Gasteiger partial charge in [-0.25, -0.2) is 4.98 Å². The summed E-state index contributed by atoms with van der Waals surface area (Å²) in [5.41, 5.74) is 9.09. The normalized spacial score (nSPS) is 18.3. The van der Waals surface area contributed by atoms with Gasteiger partial charge in [-0.05, 0) is 25.0 Å². The van der Waals surface area contributed by atoms with Crippen molar-refractivity contribution in [2.45, 2.75) is 18.8 Å². The van der Waals surface area contributed by atoms with Gasteiger partial charge in [0.1, 0.15) is 0 Å². The third kappa shape index (κ3) is 2.93. The summed E-state index contributed by atoms with van der Waals surface area (Å²) < 4.78 is 0. The number of nitrogens with zero attached hydrogens (tertiary/aromatic N) is 4. The third-order valence-corrected chi connectivity index (χ3v) is 4.83. The van der Waals surface area contributed by atoms with Crippen molar-refractivity contribution in [3.63, 3.8) is 0 Å². The summed E-state index contributed by atoms with van der Waals surface area (Å²) in [7, 11) is 0. The predicted molar refractivity (Wildman–Crippen MR) is 94.3 cm³/mol. The van der Waals surface area contributed by atoms with E-state index in [4.69, 9.17) is 17.3 Å². The Kier molecular flexibility index (Phi) is 3.73. The molecule has 6 heteroatoms. The Labute approximate surface area is 141 Å². The van der Waals surface area contributed by atoms with Crippen LogP contribution in [0.5, 0.6) is 0 Å². The average molecular weight is 330 g/mol. The minimum Gasteiger partial charge on any atom is -0.368 e. The standard InChI is InChI=1S/C17H20ClN5/c18-16-15(14(12-6-7-12)20-17(19)21-16)23-10-8-22(9-11-23)13-4-2-1-3-5-13/h1-5,12H,6-11H2,(H2,19,20,21). The van der Waals surface area contributed by atoms with Crippen molar-refractivity contribution in [3.8, 4) is 0 Å². The van der Waals surface area contributed by atoms with Gasteiger partial charge in [0.15, 0.2) is 5.15 Å². The van der Waals surface area contributed by atoms with Crippen LogP contribution in [-0.4, -0.2) is 36.1 Å². The van der Waals surface area contributed by atoms with Gasteiger partial charge in [-0.3, -0.25) is 0 Å². The van der Waals surface area contributed by atoms with Crippen LogP contribution in [0.25, 0.3) is 0 Å². The second-order valence-corrected chi connectivity index (χ2v) is 6.55. The molecule has 1 saturated heterocycles. The van der Waals surface area contributed by atoms with Crippen LogP contribution in [0.15, 0.2) is 30.3 Å². The van der Waals surface area contributed by atoms with Crippen molar-refractivity contribution in [2.24, 2.45) is 0 Å². The van der Waals surface area contributed by atoms with Gasteiger partial charge in [0, 0.05) is 37.8 Å². The van der Waals surface area contributed by atoms with Gasteiger partial charge in [-0.15, -0.1) is 0 Å². The second kappa shape index (κ2) is 5.89. The maximum Gasteiger partial charge on any atom is 0.221 e. The zero-order valence-corrected chi connectivity index (χ0v) is 13.7. The molecule has 1 aromatic heterocycles. The van der Waals surface area contributed by atoms with Crippen LogP contribution in [0.1, 0.15) is 24.5 Å². The van der Waals surface area contributed by atoms with E-state index in [1.807, 2.05) is 6.07 Å². The van der Waals surface area contributed by atoms with E-state index in [2.05, 4.69) is 44.0 Å². The number of nitrogen functional groups attached to an aromatic ring is 1. The molecule has 1 aromatic carbocycles. The number of aromatic nitrogens is 2. The van der Waals surface area contributed by atoms with Crippen LogP contribution >= 0.6 is 11.6 Å². The molecule has 23 heavy (non-hydrogen) atoms. The number of hydrogen-bond donors (Lipinski definition) is 1. The first-order valence-electron chi connectivity index (χ1n) is 8.10. The smallest absolute Gasteiger partial charge is 0.221 e. The molecule has 0 atom stereocenters. The molecule has 1 aliphatic heterocycles. The van der Waals surface area contributed by atoms with E-state index in [-0.39, 0.29) is 5.95 Å². The Balaban J connectivity index is 1.55. The van der Waals surface area contributed by atoms with Crippen LogP contribution in [0.3, 0.4) is 0 Å². The summed E-state index contributed by atoms with van der Waals surface area (Å²) >= 11 is 6.41. The maximum absolute atomic E-state index is 6.41. The number of benzene rings is 1. The van der Waals surface area contributed by atoms with Crippen LogP contribution in [0, 0.1) is 0 Å². The van der Waals surface area contributed by atoms with Gasteiger partial charge in [0.2, 0.25) is 5.95 Å². The minimum absolute atomic E-state index is 0.281. The number of piperazine rings is 1. The van der Waals surface area contributed by atoms with Gasteiger partial charge < -0.3 is 15.5 Å². The molecule has 120 valence electrons. The zero-order chi connectivity index (χ0) is 15.8.